The van der Waals surface area contributed by atoms with Gasteiger partial charge in [-0.2, -0.15) is 0 Å². The van der Waals surface area contributed by atoms with Crippen molar-refractivity contribution in [2.75, 3.05) is 18.7 Å². The molecule has 3 aromatic rings. The molecule has 4 rings (SSSR count). The van der Waals surface area contributed by atoms with E-state index in [0.717, 1.165) is 34.3 Å². The van der Waals surface area contributed by atoms with Crippen molar-refractivity contribution >= 4 is 39.1 Å². The molecule has 6 nitrogen and oxygen atoms in total. The lowest BCUT2D eigenvalue weighted by atomic mass is 9.88. The number of carbonyl (C=O) groups excluding carboxylic acids is 1. The first kappa shape index (κ1) is 19.0. The van der Waals surface area contributed by atoms with Gasteiger partial charge in [0.05, 0.1) is 18.2 Å². The van der Waals surface area contributed by atoms with Crippen LogP contribution < -0.4 is 16.1 Å². The number of nitrogens with two attached hydrogens (primary N) is 1. The molecule has 0 bridgehead atoms. The zero-order chi connectivity index (χ0) is 19.8. The molecule has 0 fully saturated rings. The van der Waals surface area contributed by atoms with Gasteiger partial charge in [0.1, 0.15) is 10.6 Å². The number of aryl methyl sites for hydroxylation is 1. The molecule has 8 heteroatoms. The Hall–Kier alpha value is -2.32. The summed E-state index contributed by atoms with van der Waals surface area (Å²) < 4.78 is 6.25. The van der Waals surface area contributed by atoms with Gasteiger partial charge in [0.15, 0.2) is 10.9 Å². The van der Waals surface area contributed by atoms with Crippen LogP contribution in [0.3, 0.4) is 0 Å². The molecule has 2 aromatic heterocycles. The molecular weight excluding hydrogens is 394 g/mol. The quantitative estimate of drug-likeness (QED) is 0.297. The Kier molecular flexibility index (Phi) is 5.16. The summed E-state index contributed by atoms with van der Waals surface area (Å²) in [5.74, 6) is 7.10. The molecule has 0 radical (unpaired) electrons. The minimum Gasteiger partial charge on any atom is -0.497 e. The third-order valence-corrected chi connectivity index (χ3v) is 7.21. The molecule has 146 valence electrons. The molecule has 0 amide bonds. The highest BCUT2D eigenvalue weighted by molar-refractivity contribution is 7.99. The van der Waals surface area contributed by atoms with Crippen molar-refractivity contribution in [2.24, 2.45) is 0 Å². The van der Waals surface area contributed by atoms with Crippen LogP contribution in [0, 0.1) is 0 Å². The molecule has 0 saturated carbocycles. The third-order valence-electron chi connectivity index (χ3n) is 5.10. The van der Waals surface area contributed by atoms with E-state index in [1.807, 2.05) is 0 Å². The van der Waals surface area contributed by atoms with Crippen LogP contribution in [0.15, 0.2) is 34.2 Å². The molecule has 0 saturated heterocycles. The first-order chi connectivity index (χ1) is 13.5. The second kappa shape index (κ2) is 7.60. The van der Waals surface area contributed by atoms with E-state index in [-0.39, 0.29) is 17.1 Å². The largest absolute Gasteiger partial charge is 0.497 e. The maximum absolute atomic E-state index is 12.9. The second-order valence-corrected chi connectivity index (χ2v) is 8.95. The van der Waals surface area contributed by atoms with Crippen molar-refractivity contribution in [3.63, 3.8) is 0 Å². The maximum atomic E-state index is 12.9. The number of rotatable bonds is 5. The normalized spacial score (nSPS) is 16.1. The smallest absolute Gasteiger partial charge is 0.281 e. The Labute approximate surface area is 170 Å². The topological polar surface area (TPSA) is 87.2 Å². The van der Waals surface area contributed by atoms with E-state index >= 15 is 0 Å². The summed E-state index contributed by atoms with van der Waals surface area (Å²) in [6.07, 6.45) is 3.20. The second-order valence-electron chi connectivity index (χ2n) is 6.93. The maximum Gasteiger partial charge on any atom is 0.281 e. The molecule has 2 N–H and O–H groups in total. The minimum atomic E-state index is -0.229. The standard InChI is InChI=1S/C20H21N3O3S2/c1-11-5-3-8-15-16(11)17-18(28-15)22-20(23(21)19(17)25)27-10-14(24)12-6-4-7-13(9-12)26-2/h4,6-7,9,11H,3,5,8,10,21H2,1-2H3. The van der Waals surface area contributed by atoms with Crippen LogP contribution in [0.25, 0.3) is 10.2 Å². The van der Waals surface area contributed by atoms with E-state index < -0.39 is 0 Å². The van der Waals surface area contributed by atoms with Crippen molar-refractivity contribution in [3.05, 3.63) is 50.6 Å². The number of nitrogen functional groups attached to an aromatic ring is 1. The van der Waals surface area contributed by atoms with E-state index in [1.165, 1.54) is 16.6 Å². The number of thioether (sulfide) groups is 1. The van der Waals surface area contributed by atoms with Crippen LogP contribution in [-0.4, -0.2) is 28.3 Å². The van der Waals surface area contributed by atoms with Crippen LogP contribution in [0.4, 0.5) is 0 Å². The van der Waals surface area contributed by atoms with Gasteiger partial charge in [-0.25, -0.2) is 9.66 Å². The molecule has 28 heavy (non-hydrogen) atoms. The Bertz CT molecular complexity index is 1120. The molecule has 0 spiro atoms. The lowest BCUT2D eigenvalue weighted by molar-refractivity contribution is 0.102. The molecular formula is C20H21N3O3S2. The van der Waals surface area contributed by atoms with Crippen molar-refractivity contribution in [3.8, 4) is 5.75 Å². The monoisotopic (exact) mass is 415 g/mol. The van der Waals surface area contributed by atoms with Gasteiger partial charge in [-0.15, -0.1) is 11.3 Å². The van der Waals surface area contributed by atoms with Crippen molar-refractivity contribution in [2.45, 2.75) is 37.3 Å². The number of thiophene rings is 1. The average molecular weight is 416 g/mol. The summed E-state index contributed by atoms with van der Waals surface area (Å²) in [5, 5.41) is 1.01. The molecule has 1 atom stereocenters. The number of methoxy groups -OCH3 is 1. The molecule has 1 aliphatic rings. The average Bonchev–Trinajstić information content (AvgIpc) is 3.09. The first-order valence-electron chi connectivity index (χ1n) is 9.13. The number of ketones is 1. The van der Waals surface area contributed by atoms with Gasteiger partial charge >= 0.3 is 0 Å². The van der Waals surface area contributed by atoms with E-state index in [4.69, 9.17) is 10.6 Å². The van der Waals surface area contributed by atoms with Crippen molar-refractivity contribution in [1.82, 2.24) is 9.66 Å². The number of nitrogens with zero attached hydrogens (tertiary/aromatic N) is 2. The molecule has 1 unspecified atom stereocenters. The lowest BCUT2D eigenvalue weighted by Gasteiger charge is -2.18. The summed E-state index contributed by atoms with van der Waals surface area (Å²) in [5.41, 5.74) is 1.44. The van der Waals surface area contributed by atoms with Crippen LogP contribution in [0.5, 0.6) is 5.75 Å². The van der Waals surface area contributed by atoms with Crippen molar-refractivity contribution < 1.29 is 9.53 Å². The van der Waals surface area contributed by atoms with Crippen LogP contribution in [0.2, 0.25) is 0 Å². The summed E-state index contributed by atoms with van der Waals surface area (Å²) in [4.78, 5) is 32.0. The SMILES string of the molecule is COc1cccc(C(=O)CSc2nc3sc4c(c3c(=O)n2N)C(C)CCC4)c1. The summed E-state index contributed by atoms with van der Waals surface area (Å²) in [7, 11) is 1.56. The number of ether oxygens (including phenoxy) is 1. The Morgan fingerprint density at radius 3 is 3.07 bits per heavy atom. The van der Waals surface area contributed by atoms with E-state index in [1.54, 1.807) is 42.7 Å². The van der Waals surface area contributed by atoms with Crippen LogP contribution in [0.1, 0.15) is 46.5 Å². The highest BCUT2D eigenvalue weighted by Crippen LogP contribution is 2.40. The predicted molar refractivity (Wildman–Crippen MR) is 113 cm³/mol. The first-order valence-corrected chi connectivity index (χ1v) is 10.9. The third kappa shape index (κ3) is 3.31. The number of Topliss-reactive ketones (excluding diaryl/α,β-unsaturated/α-hetero) is 1. The molecule has 1 aliphatic carbocycles. The summed E-state index contributed by atoms with van der Waals surface area (Å²) >= 11 is 2.76. The highest BCUT2D eigenvalue weighted by atomic mass is 32.2. The Morgan fingerprint density at radius 2 is 2.29 bits per heavy atom. The molecule has 1 aromatic carbocycles. The van der Waals surface area contributed by atoms with E-state index in [2.05, 4.69) is 11.9 Å². The van der Waals surface area contributed by atoms with Gasteiger partial charge in [0.2, 0.25) is 0 Å². The van der Waals surface area contributed by atoms with Gasteiger partial charge < -0.3 is 10.6 Å². The predicted octanol–water partition coefficient (Wildman–Crippen LogP) is 3.60. The van der Waals surface area contributed by atoms with Gasteiger partial charge in [-0.3, -0.25) is 9.59 Å². The molecule has 0 aliphatic heterocycles. The fourth-order valence-corrected chi connectivity index (χ4v) is 5.83. The zero-order valence-corrected chi connectivity index (χ0v) is 17.4. The van der Waals surface area contributed by atoms with Crippen molar-refractivity contribution in [1.29, 1.82) is 0 Å². The Balaban J connectivity index is 1.63. The van der Waals surface area contributed by atoms with Gasteiger partial charge in [0, 0.05) is 10.4 Å². The number of carbonyl (C=O) groups is 1. The van der Waals surface area contributed by atoms with Gasteiger partial charge in [-0.05, 0) is 42.9 Å². The minimum absolute atomic E-state index is 0.0719. The fourth-order valence-electron chi connectivity index (χ4n) is 3.64. The van der Waals surface area contributed by atoms with E-state index in [9.17, 15) is 9.59 Å². The number of benzene rings is 1. The van der Waals surface area contributed by atoms with Crippen LogP contribution >= 0.6 is 23.1 Å². The summed E-state index contributed by atoms with van der Waals surface area (Å²) in [6.45, 7) is 2.15. The number of fused-ring (bicyclic) bond motifs is 3. The van der Waals surface area contributed by atoms with Gasteiger partial charge in [0.25, 0.3) is 5.56 Å². The van der Waals surface area contributed by atoms with Gasteiger partial charge in [-0.1, -0.05) is 30.8 Å². The lowest BCUT2D eigenvalue weighted by Crippen LogP contribution is -2.30. The van der Waals surface area contributed by atoms with E-state index in [0.29, 0.717) is 27.8 Å². The number of hydrogen-bond acceptors (Lipinski definition) is 7. The fraction of sp³-hybridized carbons (Fsp3) is 0.350. The molecule has 2 heterocycles. The highest BCUT2D eigenvalue weighted by Gasteiger charge is 2.26. The number of aromatic nitrogens is 2. The Morgan fingerprint density at radius 1 is 1.46 bits per heavy atom. The zero-order valence-electron chi connectivity index (χ0n) is 15.7. The van der Waals surface area contributed by atoms with Crippen LogP contribution in [-0.2, 0) is 6.42 Å². The summed E-state index contributed by atoms with van der Waals surface area (Å²) in [6, 6.07) is 7.00. The number of hydrogen-bond donors (Lipinski definition) is 1.